The summed E-state index contributed by atoms with van der Waals surface area (Å²) in [5, 5.41) is 0. The van der Waals surface area contributed by atoms with E-state index >= 15 is 0 Å². The maximum atomic E-state index is 5.77. The van der Waals surface area contributed by atoms with Crippen molar-refractivity contribution in [2.75, 3.05) is 22.9 Å². The predicted molar refractivity (Wildman–Crippen MR) is 90.1 cm³/mol. The molecule has 0 aliphatic carbocycles. The Balaban J connectivity index is 2.03. The van der Waals surface area contributed by atoms with E-state index in [2.05, 4.69) is 29.9 Å². The summed E-state index contributed by atoms with van der Waals surface area (Å²) < 4.78 is 11.5. The molecule has 0 aliphatic heterocycles. The Morgan fingerprint density at radius 3 is 1.28 bits per heavy atom. The van der Waals surface area contributed by atoms with Crippen molar-refractivity contribution in [1.82, 2.24) is 29.9 Å². The van der Waals surface area contributed by atoms with Gasteiger partial charge in [-0.1, -0.05) is 20.8 Å². The number of hydrogen-bond donors (Lipinski definition) is 4. The summed E-state index contributed by atoms with van der Waals surface area (Å²) in [5.74, 6) is 0.699. The number of nitrogens with zero attached hydrogens (tertiary/aromatic N) is 6. The highest BCUT2D eigenvalue weighted by atomic mass is 16.7. The molecule has 0 saturated carbocycles. The minimum atomic E-state index is -0.620. The minimum Gasteiger partial charge on any atom is -0.368 e. The van der Waals surface area contributed by atoms with Gasteiger partial charge in [-0.25, -0.2) is 0 Å². The minimum absolute atomic E-state index is 0.0236. The smallest absolute Gasteiger partial charge is 0.225 e. The van der Waals surface area contributed by atoms with E-state index < -0.39 is 6.29 Å². The molecule has 2 aromatic heterocycles. The van der Waals surface area contributed by atoms with Gasteiger partial charge in [-0.3, -0.25) is 0 Å². The van der Waals surface area contributed by atoms with Gasteiger partial charge < -0.3 is 32.4 Å². The molecular formula is C13H22N10O2. The standard InChI is InChI=1S/C13H22N10O2/c1-13(2,3)8(24-4-6-18-9(14)22-10(15)19-6)25-5-7-20-11(16)23-12(17)21-7/h8H,4-5H2,1-3H3,(H4,14,15,18,19,22)(H4,16,17,20,21,23). The van der Waals surface area contributed by atoms with Gasteiger partial charge >= 0.3 is 0 Å². The van der Waals surface area contributed by atoms with Crippen LogP contribution in [0.25, 0.3) is 0 Å². The van der Waals surface area contributed by atoms with Gasteiger partial charge in [-0.15, -0.1) is 0 Å². The molecule has 0 spiro atoms. The first-order chi connectivity index (χ1) is 11.6. The van der Waals surface area contributed by atoms with Gasteiger partial charge in [0, 0.05) is 5.41 Å². The van der Waals surface area contributed by atoms with Crippen molar-refractivity contribution in [1.29, 1.82) is 0 Å². The molecule has 2 aromatic rings. The average Bonchev–Trinajstić information content (AvgIpc) is 2.43. The van der Waals surface area contributed by atoms with Crippen LogP contribution in [0.5, 0.6) is 0 Å². The number of anilines is 4. The van der Waals surface area contributed by atoms with E-state index in [1.54, 1.807) is 0 Å². The van der Waals surface area contributed by atoms with Crippen molar-refractivity contribution in [3.63, 3.8) is 0 Å². The van der Waals surface area contributed by atoms with Gasteiger partial charge in [0.2, 0.25) is 23.8 Å². The molecule has 0 amide bonds. The lowest BCUT2D eigenvalue weighted by molar-refractivity contribution is -0.208. The second-order valence-electron chi connectivity index (χ2n) is 6.26. The molecule has 0 atom stereocenters. The molecule has 12 nitrogen and oxygen atoms in total. The molecule has 136 valence electrons. The van der Waals surface area contributed by atoms with Crippen LogP contribution in [0.15, 0.2) is 0 Å². The zero-order valence-electron chi connectivity index (χ0n) is 14.3. The molecule has 0 aliphatic rings. The first kappa shape index (κ1) is 18.5. The summed E-state index contributed by atoms with van der Waals surface area (Å²) in [6.45, 7) is 5.93. The third kappa shape index (κ3) is 5.61. The maximum Gasteiger partial charge on any atom is 0.225 e. The van der Waals surface area contributed by atoms with Gasteiger partial charge in [-0.05, 0) is 0 Å². The van der Waals surface area contributed by atoms with Crippen LogP contribution in [-0.4, -0.2) is 36.2 Å². The summed E-state index contributed by atoms with van der Waals surface area (Å²) in [6.07, 6.45) is -0.620. The Kier molecular flexibility index (Phi) is 5.44. The van der Waals surface area contributed by atoms with E-state index in [9.17, 15) is 0 Å². The second-order valence-corrected chi connectivity index (χ2v) is 6.26. The molecule has 2 rings (SSSR count). The topological polar surface area (TPSA) is 200 Å². The van der Waals surface area contributed by atoms with Gasteiger partial charge in [0.25, 0.3) is 0 Å². The van der Waals surface area contributed by atoms with E-state index in [1.165, 1.54) is 0 Å². The Morgan fingerprint density at radius 1 is 0.680 bits per heavy atom. The van der Waals surface area contributed by atoms with Crippen LogP contribution < -0.4 is 22.9 Å². The summed E-state index contributed by atoms with van der Waals surface area (Å²) in [7, 11) is 0. The molecule has 0 aromatic carbocycles. The largest absolute Gasteiger partial charge is 0.368 e. The first-order valence-corrected chi connectivity index (χ1v) is 7.38. The van der Waals surface area contributed by atoms with Crippen LogP contribution in [0.4, 0.5) is 23.8 Å². The molecule has 0 saturated heterocycles. The van der Waals surface area contributed by atoms with E-state index in [0.717, 1.165) is 0 Å². The Bertz CT molecular complexity index is 637. The highest BCUT2D eigenvalue weighted by Crippen LogP contribution is 2.25. The molecule has 0 unspecified atom stereocenters. The van der Waals surface area contributed by atoms with Crippen LogP contribution in [0, 0.1) is 5.41 Å². The van der Waals surface area contributed by atoms with Crippen molar-refractivity contribution >= 4 is 23.8 Å². The van der Waals surface area contributed by atoms with Crippen molar-refractivity contribution < 1.29 is 9.47 Å². The van der Waals surface area contributed by atoms with Gasteiger partial charge in [-0.2, -0.15) is 29.9 Å². The Hall–Kier alpha value is -2.86. The maximum absolute atomic E-state index is 5.77. The zero-order chi connectivity index (χ0) is 18.6. The van der Waals surface area contributed by atoms with Crippen LogP contribution in [0.1, 0.15) is 32.4 Å². The third-order valence-electron chi connectivity index (χ3n) is 2.87. The normalized spacial score (nSPS) is 11.8. The van der Waals surface area contributed by atoms with E-state index in [-0.39, 0.29) is 42.4 Å². The molecule has 2 heterocycles. The van der Waals surface area contributed by atoms with Crippen molar-refractivity contribution in [3.05, 3.63) is 11.6 Å². The van der Waals surface area contributed by atoms with Crippen molar-refractivity contribution in [3.8, 4) is 0 Å². The molecule has 25 heavy (non-hydrogen) atoms. The zero-order valence-corrected chi connectivity index (χ0v) is 14.3. The van der Waals surface area contributed by atoms with Crippen LogP contribution >= 0.6 is 0 Å². The predicted octanol–water partition coefficient (Wildman–Crippen LogP) is -0.509. The fraction of sp³-hybridized carbons (Fsp3) is 0.538. The van der Waals surface area contributed by atoms with Gasteiger partial charge in [0.15, 0.2) is 17.9 Å². The number of rotatable bonds is 6. The van der Waals surface area contributed by atoms with Gasteiger partial charge in [0.05, 0.1) is 0 Å². The third-order valence-corrected chi connectivity index (χ3v) is 2.87. The first-order valence-electron chi connectivity index (χ1n) is 7.38. The van der Waals surface area contributed by atoms with E-state index in [0.29, 0.717) is 11.6 Å². The molecule has 0 radical (unpaired) electrons. The number of hydrogen-bond acceptors (Lipinski definition) is 12. The second kappa shape index (κ2) is 7.36. The summed E-state index contributed by atoms with van der Waals surface area (Å²) >= 11 is 0. The van der Waals surface area contributed by atoms with E-state index in [4.69, 9.17) is 32.4 Å². The molecule has 12 heteroatoms. The Labute approximate surface area is 144 Å². The fourth-order valence-electron chi connectivity index (χ4n) is 1.89. The van der Waals surface area contributed by atoms with Crippen LogP contribution in [0.3, 0.4) is 0 Å². The highest BCUT2D eigenvalue weighted by molar-refractivity contribution is 5.26. The monoisotopic (exact) mass is 350 g/mol. The highest BCUT2D eigenvalue weighted by Gasteiger charge is 2.27. The summed E-state index contributed by atoms with van der Waals surface area (Å²) in [6, 6.07) is 0. The Morgan fingerprint density at radius 2 is 1.00 bits per heavy atom. The molecule has 8 N–H and O–H groups in total. The molecule has 0 bridgehead atoms. The molecular weight excluding hydrogens is 328 g/mol. The summed E-state index contributed by atoms with van der Waals surface area (Å²) in [5.41, 5.74) is 21.8. The number of nitrogen functional groups attached to an aromatic ring is 4. The van der Waals surface area contributed by atoms with Crippen molar-refractivity contribution in [2.24, 2.45) is 5.41 Å². The number of nitrogens with two attached hydrogens (primary N) is 4. The fourth-order valence-corrected chi connectivity index (χ4v) is 1.89. The number of aromatic nitrogens is 6. The lowest BCUT2D eigenvalue weighted by atomic mass is 9.96. The lowest BCUT2D eigenvalue weighted by Gasteiger charge is -2.30. The van der Waals surface area contributed by atoms with E-state index in [1.807, 2.05) is 20.8 Å². The average molecular weight is 350 g/mol. The van der Waals surface area contributed by atoms with Crippen molar-refractivity contribution in [2.45, 2.75) is 40.3 Å². The SMILES string of the molecule is CC(C)(C)C(OCc1nc(N)nc(N)n1)OCc1nc(N)nc(N)n1. The lowest BCUT2D eigenvalue weighted by Crippen LogP contribution is -2.32. The van der Waals surface area contributed by atoms with Gasteiger partial charge in [0.1, 0.15) is 13.2 Å². The summed E-state index contributed by atoms with van der Waals surface area (Å²) in [4.78, 5) is 23.2. The van der Waals surface area contributed by atoms with Crippen LogP contribution in [0.2, 0.25) is 0 Å². The quantitative estimate of drug-likeness (QED) is 0.487. The number of ether oxygens (including phenoxy) is 2. The van der Waals surface area contributed by atoms with Crippen LogP contribution in [-0.2, 0) is 22.7 Å². The molecule has 0 fully saturated rings.